The molecule has 2 aliphatic heterocycles. The molecule has 2 saturated carbocycles. The van der Waals surface area contributed by atoms with Gasteiger partial charge in [0.05, 0.1) is 16.7 Å². The number of hydrogen-bond acceptors (Lipinski definition) is 8. The van der Waals surface area contributed by atoms with Crippen molar-refractivity contribution in [3.8, 4) is 11.8 Å². The van der Waals surface area contributed by atoms with Crippen molar-refractivity contribution in [3.05, 3.63) is 46.6 Å². The van der Waals surface area contributed by atoms with Gasteiger partial charge in [-0.25, -0.2) is 0 Å². The van der Waals surface area contributed by atoms with Gasteiger partial charge in [0.15, 0.2) is 11.5 Å². The van der Waals surface area contributed by atoms with Crippen molar-refractivity contribution < 1.29 is 14.6 Å². The highest BCUT2D eigenvalue weighted by Crippen LogP contribution is 2.55. The Morgan fingerprint density at radius 1 is 1.12 bits per heavy atom. The first-order chi connectivity index (χ1) is 19.9. The fraction of sp³-hybridized carbons (Fsp3) is 0.625. The van der Waals surface area contributed by atoms with Crippen molar-refractivity contribution in [2.75, 3.05) is 37.6 Å². The number of rotatable bonds is 7. The average molecular weight is 593 g/mol. The summed E-state index contributed by atoms with van der Waals surface area (Å²) in [6, 6.07) is 10.6. The molecule has 10 heteroatoms. The summed E-state index contributed by atoms with van der Waals surface area (Å²) in [6.45, 7) is 13.6. The van der Waals surface area contributed by atoms with Crippen LogP contribution in [0.15, 0.2) is 30.3 Å². The third kappa shape index (κ3) is 5.23. The lowest BCUT2D eigenvalue weighted by molar-refractivity contribution is -0.164. The molecule has 4 fully saturated rings. The number of carbonyl (C=O) groups excluding carboxylic acids is 1. The fourth-order valence-electron chi connectivity index (χ4n) is 8.21. The van der Waals surface area contributed by atoms with E-state index in [2.05, 4.69) is 59.1 Å². The van der Waals surface area contributed by atoms with E-state index in [1.165, 1.54) is 12.8 Å². The van der Waals surface area contributed by atoms with E-state index in [4.69, 9.17) is 21.6 Å². The number of nitrogens with zero attached hydrogens (tertiary/aromatic N) is 5. The Morgan fingerprint density at radius 3 is 2.38 bits per heavy atom. The second-order valence-corrected chi connectivity index (χ2v) is 14.6. The van der Waals surface area contributed by atoms with Crippen LogP contribution in [0.25, 0.3) is 0 Å². The quantitative estimate of drug-likeness (QED) is 0.489. The molecule has 1 spiro atoms. The molecule has 2 aliphatic carbocycles. The maximum atomic E-state index is 13.2. The van der Waals surface area contributed by atoms with Gasteiger partial charge in [-0.05, 0) is 68.5 Å². The molecule has 0 bridgehead atoms. The molecule has 3 heterocycles. The fourth-order valence-corrected chi connectivity index (χ4v) is 8.42. The lowest BCUT2D eigenvalue weighted by atomic mass is 9.49. The highest BCUT2D eigenvalue weighted by atomic mass is 35.5. The molecule has 2 N–H and O–H groups in total. The number of nitriles is 1. The van der Waals surface area contributed by atoms with Crippen molar-refractivity contribution in [1.82, 2.24) is 20.4 Å². The number of aromatic nitrogens is 2. The largest absolute Gasteiger partial charge is 0.489 e. The minimum absolute atomic E-state index is 0.0688. The molecule has 6 rings (SSSR count). The predicted octanol–water partition coefficient (Wildman–Crippen LogP) is 4.29. The van der Waals surface area contributed by atoms with Gasteiger partial charge in [0.1, 0.15) is 17.9 Å². The summed E-state index contributed by atoms with van der Waals surface area (Å²) >= 11 is 6.21. The van der Waals surface area contributed by atoms with Crippen LogP contribution in [0.3, 0.4) is 0 Å². The van der Waals surface area contributed by atoms with Crippen molar-refractivity contribution >= 4 is 23.3 Å². The van der Waals surface area contributed by atoms with Gasteiger partial charge in [0.25, 0.3) is 5.91 Å². The summed E-state index contributed by atoms with van der Waals surface area (Å²) in [7, 11) is 0. The Bertz CT molecular complexity index is 1350. The van der Waals surface area contributed by atoms with Crippen LogP contribution in [-0.2, 0) is 0 Å². The van der Waals surface area contributed by atoms with Crippen molar-refractivity contribution in [3.63, 3.8) is 0 Å². The topological polar surface area (TPSA) is 115 Å². The summed E-state index contributed by atoms with van der Waals surface area (Å²) in [5, 5.41) is 31.0. The van der Waals surface area contributed by atoms with Crippen LogP contribution in [0.1, 0.15) is 69.4 Å². The first-order valence-electron chi connectivity index (χ1n) is 15.1. The highest BCUT2D eigenvalue weighted by molar-refractivity contribution is 6.31. The second-order valence-electron chi connectivity index (χ2n) is 14.2. The van der Waals surface area contributed by atoms with Crippen molar-refractivity contribution in [2.45, 2.75) is 71.6 Å². The number of piperidine rings is 1. The standard InChI is InChI=1S/C32H41ClN6O3/c1-30(2)28(31(3,4)29(30)42-23-6-5-21(16-34)24(33)13-23)35-27(41)25-7-8-26(37-36-25)39-18-20(19-39)17-38-11-9-32(10-12-38)14-22(40)15-32/h5-8,13,20,22,28-29,40H,9-12,14-15,17-19H2,1-4H3,(H,35,41). The third-order valence-electron chi connectivity index (χ3n) is 10.4. The lowest BCUT2D eigenvalue weighted by Gasteiger charge is -2.63. The summed E-state index contributed by atoms with van der Waals surface area (Å²) in [5.41, 5.74) is 0.422. The van der Waals surface area contributed by atoms with Gasteiger partial charge in [0, 0.05) is 48.5 Å². The molecule has 0 atom stereocenters. The minimum Gasteiger partial charge on any atom is -0.489 e. The Hall–Kier alpha value is -2.93. The number of anilines is 1. The number of hydrogen-bond donors (Lipinski definition) is 2. The first-order valence-corrected chi connectivity index (χ1v) is 15.4. The molecule has 2 aromatic rings. The molecule has 4 aliphatic rings. The Balaban J connectivity index is 0.988. The summed E-state index contributed by atoms with van der Waals surface area (Å²) in [6.07, 6.45) is 4.16. The number of carbonyl (C=O) groups is 1. The summed E-state index contributed by atoms with van der Waals surface area (Å²) in [4.78, 5) is 18.0. The van der Waals surface area contributed by atoms with E-state index < -0.39 is 0 Å². The smallest absolute Gasteiger partial charge is 0.272 e. The number of nitrogens with one attached hydrogen (secondary N) is 1. The number of ether oxygens (including phenoxy) is 1. The number of aliphatic hydroxyl groups is 1. The molecule has 2 saturated heterocycles. The van der Waals surface area contributed by atoms with Crippen LogP contribution >= 0.6 is 11.6 Å². The van der Waals surface area contributed by atoms with Crippen LogP contribution in [0.2, 0.25) is 5.02 Å². The van der Waals surface area contributed by atoms with E-state index in [1.807, 2.05) is 6.07 Å². The number of benzene rings is 1. The Kier molecular flexibility index (Phi) is 7.40. The molecular weight excluding hydrogens is 552 g/mol. The molecule has 224 valence electrons. The Labute approximate surface area is 253 Å². The summed E-state index contributed by atoms with van der Waals surface area (Å²) < 4.78 is 6.33. The van der Waals surface area contributed by atoms with E-state index in [9.17, 15) is 9.90 Å². The van der Waals surface area contributed by atoms with E-state index in [0.717, 1.165) is 51.4 Å². The molecule has 1 aromatic heterocycles. The molecule has 9 nitrogen and oxygen atoms in total. The van der Waals surface area contributed by atoms with E-state index >= 15 is 0 Å². The van der Waals surface area contributed by atoms with Crippen LogP contribution in [0, 0.1) is 33.5 Å². The number of amides is 1. The van der Waals surface area contributed by atoms with Crippen molar-refractivity contribution in [1.29, 1.82) is 5.26 Å². The van der Waals surface area contributed by atoms with Crippen LogP contribution in [-0.4, -0.2) is 77.1 Å². The molecular formula is C32H41ClN6O3. The van der Waals surface area contributed by atoms with Gasteiger partial charge in [-0.15, -0.1) is 10.2 Å². The zero-order chi connectivity index (χ0) is 29.9. The monoisotopic (exact) mass is 592 g/mol. The Morgan fingerprint density at radius 2 is 1.81 bits per heavy atom. The third-order valence-corrected chi connectivity index (χ3v) is 10.7. The van der Waals surface area contributed by atoms with Crippen molar-refractivity contribution in [2.24, 2.45) is 22.2 Å². The maximum Gasteiger partial charge on any atom is 0.272 e. The van der Waals surface area contributed by atoms with Gasteiger partial charge < -0.3 is 25.0 Å². The normalized spacial score (nSPS) is 26.5. The molecule has 1 amide bonds. The van der Waals surface area contributed by atoms with Gasteiger partial charge in [-0.1, -0.05) is 39.3 Å². The zero-order valence-corrected chi connectivity index (χ0v) is 25.7. The zero-order valence-electron chi connectivity index (χ0n) is 24.9. The van der Waals surface area contributed by atoms with E-state index in [1.54, 1.807) is 24.3 Å². The maximum absolute atomic E-state index is 13.2. The molecule has 0 unspecified atom stereocenters. The first kappa shape index (κ1) is 29.2. The van der Waals surface area contributed by atoms with Crippen LogP contribution in [0.5, 0.6) is 5.75 Å². The molecule has 42 heavy (non-hydrogen) atoms. The number of likely N-dealkylation sites (tertiary alicyclic amines) is 1. The highest BCUT2D eigenvalue weighted by Gasteiger charge is 2.64. The summed E-state index contributed by atoms with van der Waals surface area (Å²) in [5.74, 6) is 1.78. The molecule has 1 aromatic carbocycles. The average Bonchev–Trinajstić information content (AvgIpc) is 2.92. The molecule has 0 radical (unpaired) electrons. The minimum atomic E-state index is -0.354. The van der Waals surface area contributed by atoms with E-state index in [0.29, 0.717) is 33.4 Å². The van der Waals surface area contributed by atoms with Gasteiger partial charge >= 0.3 is 0 Å². The van der Waals surface area contributed by atoms with Crippen LogP contribution < -0.4 is 15.0 Å². The van der Waals surface area contributed by atoms with Gasteiger partial charge in [-0.3, -0.25) is 4.79 Å². The predicted molar refractivity (Wildman–Crippen MR) is 160 cm³/mol. The van der Waals surface area contributed by atoms with Gasteiger partial charge in [0.2, 0.25) is 0 Å². The number of halogens is 1. The van der Waals surface area contributed by atoms with E-state index in [-0.39, 0.29) is 35.0 Å². The van der Waals surface area contributed by atoms with Crippen LogP contribution in [0.4, 0.5) is 5.82 Å². The van der Waals surface area contributed by atoms with Gasteiger partial charge in [-0.2, -0.15) is 5.26 Å². The lowest BCUT2D eigenvalue weighted by Crippen LogP contribution is -2.74. The SMILES string of the molecule is CC1(C)C(NC(=O)c2ccc(N3CC(CN4CCC5(CC4)CC(O)C5)C3)nn2)C(C)(C)C1Oc1ccc(C#N)c(Cl)c1. The number of aliphatic hydroxyl groups excluding tert-OH is 1. The second kappa shape index (κ2) is 10.7.